The van der Waals surface area contributed by atoms with E-state index in [2.05, 4.69) is 10.9 Å². The number of rotatable bonds is 2. The van der Waals surface area contributed by atoms with Gasteiger partial charge in [-0.25, -0.2) is 0 Å². The van der Waals surface area contributed by atoms with Crippen molar-refractivity contribution in [1.29, 1.82) is 0 Å². The number of hydrogen-bond acceptors (Lipinski definition) is 3. The number of alkyl halides is 1. The van der Waals surface area contributed by atoms with Crippen molar-refractivity contribution < 1.29 is 4.79 Å². The zero-order valence-electron chi connectivity index (χ0n) is 3.30. The minimum absolute atomic E-state index is 0.699. The summed E-state index contributed by atoms with van der Waals surface area (Å²) in [4.78, 5) is 19.2. The molecule has 1 amide bonds. The van der Waals surface area contributed by atoms with Gasteiger partial charge in [-0.15, -0.1) is 4.91 Å². The average Bonchev–Trinajstić information content (AvgIpc) is 1.65. The van der Waals surface area contributed by atoms with Crippen LogP contribution in [0, 0.1) is 4.91 Å². The first-order valence-corrected chi connectivity index (χ1v) is 2.69. The molecule has 1 atom stereocenters. The van der Waals surface area contributed by atoms with Gasteiger partial charge in [-0.3, -0.25) is 4.79 Å². The van der Waals surface area contributed by atoms with E-state index in [4.69, 9.17) is 0 Å². The van der Waals surface area contributed by atoms with E-state index in [0.717, 1.165) is 0 Å². The molecular weight excluding hydrogens is 211 g/mol. The second kappa shape index (κ2) is 2.89. The summed E-state index contributed by atoms with van der Waals surface area (Å²) in [6.45, 7) is 0. The van der Waals surface area contributed by atoms with Gasteiger partial charge in [0.05, 0.1) is 0 Å². The number of carbonyl (C=O) groups excluding carboxylic acids is 1. The Hall–Kier alpha value is -0.200. The van der Waals surface area contributed by atoms with Crippen LogP contribution in [0.1, 0.15) is 0 Å². The summed E-state index contributed by atoms with van der Waals surface area (Å²) in [5, 5.41) is 2.35. The Morgan fingerprint density at radius 2 is 2.29 bits per heavy atom. The molecule has 0 aliphatic carbocycles. The maximum absolute atomic E-state index is 9.85. The van der Waals surface area contributed by atoms with Crippen molar-refractivity contribution >= 4 is 28.5 Å². The van der Waals surface area contributed by atoms with Gasteiger partial charge in [0, 0.05) is 0 Å². The highest BCUT2D eigenvalue weighted by molar-refractivity contribution is 14.1. The molecule has 7 heavy (non-hydrogen) atoms. The maximum Gasteiger partial charge on any atom is 0.256 e. The van der Waals surface area contributed by atoms with Crippen LogP contribution < -0.4 is 5.73 Å². The molecule has 4 nitrogen and oxygen atoms in total. The highest BCUT2D eigenvalue weighted by Gasteiger charge is 2.07. The van der Waals surface area contributed by atoms with Crippen molar-refractivity contribution in [3.05, 3.63) is 4.91 Å². The van der Waals surface area contributed by atoms with Gasteiger partial charge in [-0.2, -0.15) is 0 Å². The number of primary amides is 1. The fourth-order valence-corrected chi connectivity index (χ4v) is 0.0519. The normalized spacial score (nSPS) is 12.7. The number of carbonyl (C=O) groups is 1. The number of halogens is 1. The molecule has 0 saturated carbocycles. The molecule has 0 heterocycles. The molecule has 0 aliphatic heterocycles. The Morgan fingerprint density at radius 1 is 1.86 bits per heavy atom. The molecule has 0 aromatic rings. The lowest BCUT2D eigenvalue weighted by Crippen LogP contribution is -2.20. The van der Waals surface area contributed by atoms with Crippen LogP contribution in [0.25, 0.3) is 0 Å². The second-order valence-corrected chi connectivity index (χ2v) is 2.02. The molecule has 5 heteroatoms. The molecule has 0 radical (unpaired) electrons. The molecule has 0 rings (SSSR count). The Bertz CT molecular complexity index is 93.7. The van der Waals surface area contributed by atoms with Gasteiger partial charge in [0.2, 0.25) is 4.05 Å². The van der Waals surface area contributed by atoms with Crippen LogP contribution in [0.3, 0.4) is 0 Å². The molecule has 0 aromatic heterocycles. The Morgan fingerprint density at radius 3 is 2.29 bits per heavy atom. The zero-order chi connectivity index (χ0) is 5.86. The second-order valence-electron chi connectivity index (χ2n) is 0.844. The van der Waals surface area contributed by atoms with Crippen LogP contribution in [0.2, 0.25) is 0 Å². The molecule has 0 fully saturated rings. The van der Waals surface area contributed by atoms with Crippen molar-refractivity contribution in [3.8, 4) is 0 Å². The largest absolute Gasteiger partial charge is 0.367 e. The molecule has 40 valence electrons. The minimum Gasteiger partial charge on any atom is -0.367 e. The van der Waals surface area contributed by atoms with Gasteiger partial charge < -0.3 is 5.73 Å². The number of nitrogens with zero attached hydrogens (tertiary/aromatic N) is 1. The summed E-state index contributed by atoms with van der Waals surface area (Å²) >= 11 is 1.54. The first-order chi connectivity index (χ1) is 3.18. The van der Waals surface area contributed by atoms with E-state index in [9.17, 15) is 9.70 Å². The van der Waals surface area contributed by atoms with E-state index >= 15 is 0 Å². The lowest BCUT2D eigenvalue weighted by molar-refractivity contribution is -0.117. The fraction of sp³-hybridized carbons (Fsp3) is 0.500. The number of hydrogen-bond donors (Lipinski definition) is 1. The molecule has 0 aromatic carbocycles. The summed E-state index contributed by atoms with van der Waals surface area (Å²) in [5.41, 5.74) is 4.61. The van der Waals surface area contributed by atoms with Crippen LogP contribution in [0.15, 0.2) is 5.18 Å². The van der Waals surface area contributed by atoms with Gasteiger partial charge >= 0.3 is 0 Å². The van der Waals surface area contributed by atoms with Crippen LogP contribution in [0.4, 0.5) is 0 Å². The third-order valence-electron chi connectivity index (χ3n) is 0.327. The third kappa shape index (κ3) is 2.49. The van der Waals surface area contributed by atoms with Crippen LogP contribution in [-0.2, 0) is 4.79 Å². The summed E-state index contributed by atoms with van der Waals surface area (Å²) in [7, 11) is 0. The van der Waals surface area contributed by atoms with Crippen molar-refractivity contribution in [2.24, 2.45) is 10.9 Å². The van der Waals surface area contributed by atoms with Crippen molar-refractivity contribution in [2.75, 3.05) is 0 Å². The minimum atomic E-state index is -0.919. The standard InChI is InChI=1S/C2H3IN2O2/c3-1(5-7)2(4)6/h1H,(H2,4,6)/t1-/m1/s1. The van der Waals surface area contributed by atoms with Gasteiger partial charge in [-0.1, -0.05) is 0 Å². The molecule has 2 N–H and O–H groups in total. The van der Waals surface area contributed by atoms with E-state index in [1.807, 2.05) is 0 Å². The molecular formula is C2H3IN2O2. The van der Waals surface area contributed by atoms with Gasteiger partial charge in [0.15, 0.2) is 0 Å². The fourth-order valence-electron chi connectivity index (χ4n) is 0.0519. The first-order valence-electron chi connectivity index (χ1n) is 1.44. The number of nitroso groups, excluding NO2 is 1. The highest BCUT2D eigenvalue weighted by Crippen LogP contribution is 1.97. The van der Waals surface area contributed by atoms with Gasteiger partial charge in [0.25, 0.3) is 5.91 Å². The molecule has 0 spiro atoms. The SMILES string of the molecule is NC(=O)[C@H](I)N=O. The number of nitrogens with two attached hydrogens (primary N) is 1. The van der Waals surface area contributed by atoms with Crippen LogP contribution in [0.5, 0.6) is 0 Å². The number of amides is 1. The average molecular weight is 214 g/mol. The lowest BCUT2D eigenvalue weighted by Gasteiger charge is -1.86. The van der Waals surface area contributed by atoms with Crippen molar-refractivity contribution in [3.63, 3.8) is 0 Å². The van der Waals surface area contributed by atoms with E-state index in [-0.39, 0.29) is 0 Å². The van der Waals surface area contributed by atoms with Crippen molar-refractivity contribution in [2.45, 2.75) is 4.05 Å². The predicted octanol–water partition coefficient (Wildman–Crippen LogP) is -0.000800. The summed E-state index contributed by atoms with van der Waals surface area (Å²) in [5.74, 6) is -0.699. The Balaban J connectivity index is 3.55. The summed E-state index contributed by atoms with van der Waals surface area (Å²) in [6, 6.07) is 0. The Kier molecular flexibility index (Phi) is 2.81. The monoisotopic (exact) mass is 214 g/mol. The summed E-state index contributed by atoms with van der Waals surface area (Å²) in [6.07, 6.45) is 0. The van der Waals surface area contributed by atoms with Crippen LogP contribution in [-0.4, -0.2) is 9.96 Å². The quantitative estimate of drug-likeness (QED) is 0.304. The summed E-state index contributed by atoms with van der Waals surface area (Å²) < 4.78 is -0.919. The van der Waals surface area contributed by atoms with Crippen LogP contribution >= 0.6 is 22.6 Å². The van der Waals surface area contributed by atoms with E-state index in [0.29, 0.717) is 0 Å². The maximum atomic E-state index is 9.85. The van der Waals surface area contributed by atoms with E-state index < -0.39 is 9.96 Å². The van der Waals surface area contributed by atoms with E-state index in [1.165, 1.54) is 0 Å². The molecule has 0 saturated heterocycles. The van der Waals surface area contributed by atoms with E-state index in [1.54, 1.807) is 22.6 Å². The zero-order valence-corrected chi connectivity index (χ0v) is 5.45. The topological polar surface area (TPSA) is 72.5 Å². The Labute approximate surface area is 53.6 Å². The predicted molar refractivity (Wildman–Crippen MR) is 32.8 cm³/mol. The third-order valence-corrected chi connectivity index (χ3v) is 1.17. The first kappa shape index (κ1) is 6.80. The highest BCUT2D eigenvalue weighted by atomic mass is 127. The van der Waals surface area contributed by atoms with Gasteiger partial charge in [-0.05, 0) is 27.8 Å². The van der Waals surface area contributed by atoms with Crippen molar-refractivity contribution in [1.82, 2.24) is 0 Å². The molecule has 0 unspecified atom stereocenters. The van der Waals surface area contributed by atoms with Gasteiger partial charge in [0.1, 0.15) is 0 Å². The lowest BCUT2D eigenvalue weighted by atomic mass is 10.7. The molecule has 0 bridgehead atoms. The smallest absolute Gasteiger partial charge is 0.256 e. The molecule has 0 aliphatic rings.